The SMILES string of the molecule is COc1ccc(NC(=O)CSc2n[nH]c(=O)n2C[C@H]2CCCO2)cc1. The van der Waals surface area contributed by atoms with Crippen molar-refractivity contribution in [1.29, 1.82) is 0 Å². The predicted molar refractivity (Wildman–Crippen MR) is 94.2 cm³/mol. The normalized spacial score (nSPS) is 16.8. The molecule has 1 amide bonds. The number of aromatic amines is 1. The third kappa shape index (κ3) is 4.64. The zero-order chi connectivity index (χ0) is 17.6. The van der Waals surface area contributed by atoms with Gasteiger partial charge in [0.1, 0.15) is 5.75 Å². The maximum atomic E-state index is 12.1. The van der Waals surface area contributed by atoms with Gasteiger partial charge in [0, 0.05) is 12.3 Å². The molecule has 8 nitrogen and oxygen atoms in total. The highest BCUT2D eigenvalue weighted by Crippen LogP contribution is 2.19. The number of nitrogens with one attached hydrogen (secondary N) is 2. The summed E-state index contributed by atoms with van der Waals surface area (Å²) in [6.07, 6.45) is 1.96. The maximum Gasteiger partial charge on any atom is 0.344 e. The summed E-state index contributed by atoms with van der Waals surface area (Å²) in [6, 6.07) is 7.08. The largest absolute Gasteiger partial charge is 0.497 e. The number of rotatable bonds is 7. The Bertz CT molecular complexity index is 765. The molecule has 25 heavy (non-hydrogen) atoms. The third-order valence-electron chi connectivity index (χ3n) is 3.84. The molecule has 1 aliphatic heterocycles. The first-order valence-corrected chi connectivity index (χ1v) is 8.98. The first kappa shape index (κ1) is 17.6. The average molecular weight is 364 g/mol. The molecule has 2 aromatic rings. The highest BCUT2D eigenvalue weighted by molar-refractivity contribution is 7.99. The monoisotopic (exact) mass is 364 g/mol. The van der Waals surface area contributed by atoms with Crippen LogP contribution in [-0.4, -0.2) is 46.2 Å². The number of hydrogen-bond donors (Lipinski definition) is 2. The average Bonchev–Trinajstić information content (AvgIpc) is 3.25. The molecule has 0 spiro atoms. The molecule has 1 aromatic carbocycles. The molecule has 0 saturated carbocycles. The Morgan fingerprint density at radius 3 is 2.96 bits per heavy atom. The van der Waals surface area contributed by atoms with E-state index in [1.165, 1.54) is 16.3 Å². The van der Waals surface area contributed by atoms with Gasteiger partial charge in [0.05, 0.1) is 25.5 Å². The van der Waals surface area contributed by atoms with Crippen LogP contribution in [0.3, 0.4) is 0 Å². The van der Waals surface area contributed by atoms with Crippen LogP contribution in [0.4, 0.5) is 5.69 Å². The van der Waals surface area contributed by atoms with Gasteiger partial charge in [-0.2, -0.15) is 0 Å². The van der Waals surface area contributed by atoms with E-state index in [1.807, 2.05) is 0 Å². The van der Waals surface area contributed by atoms with E-state index in [2.05, 4.69) is 15.5 Å². The number of nitrogens with zero attached hydrogens (tertiary/aromatic N) is 2. The van der Waals surface area contributed by atoms with Crippen LogP contribution >= 0.6 is 11.8 Å². The van der Waals surface area contributed by atoms with Gasteiger partial charge in [-0.15, -0.1) is 5.10 Å². The Morgan fingerprint density at radius 1 is 1.48 bits per heavy atom. The zero-order valence-electron chi connectivity index (χ0n) is 13.9. The fourth-order valence-corrected chi connectivity index (χ4v) is 3.32. The minimum absolute atomic E-state index is 0.0303. The minimum atomic E-state index is -0.284. The molecular formula is C16H20N4O4S. The standard InChI is InChI=1S/C16H20N4O4S/c1-23-12-6-4-11(5-7-12)17-14(21)10-25-16-19-18-15(22)20(16)9-13-3-2-8-24-13/h4-7,13H,2-3,8-10H2,1H3,(H,17,21)(H,18,22)/t13-/m1/s1. The molecule has 2 heterocycles. The molecule has 1 fully saturated rings. The predicted octanol–water partition coefficient (Wildman–Crippen LogP) is 1.49. The molecule has 1 aromatic heterocycles. The van der Waals surface area contributed by atoms with Crippen molar-refractivity contribution in [3.8, 4) is 5.75 Å². The van der Waals surface area contributed by atoms with Crippen LogP contribution in [-0.2, 0) is 16.1 Å². The summed E-state index contributed by atoms with van der Waals surface area (Å²) in [5.41, 5.74) is 0.402. The molecule has 9 heteroatoms. The maximum absolute atomic E-state index is 12.1. The van der Waals surface area contributed by atoms with Crippen molar-refractivity contribution in [2.24, 2.45) is 0 Å². The summed E-state index contributed by atoms with van der Waals surface area (Å²) >= 11 is 1.21. The van der Waals surface area contributed by atoms with Crippen molar-refractivity contribution < 1.29 is 14.3 Å². The fraction of sp³-hybridized carbons (Fsp3) is 0.438. The van der Waals surface area contributed by atoms with E-state index < -0.39 is 0 Å². The van der Waals surface area contributed by atoms with E-state index in [4.69, 9.17) is 9.47 Å². The van der Waals surface area contributed by atoms with Crippen molar-refractivity contribution in [3.05, 3.63) is 34.7 Å². The number of H-pyrrole nitrogens is 1. The molecule has 1 saturated heterocycles. The minimum Gasteiger partial charge on any atom is -0.497 e. The van der Waals surface area contributed by atoms with Crippen LogP contribution in [0, 0.1) is 0 Å². The van der Waals surface area contributed by atoms with Crippen LogP contribution in [0.25, 0.3) is 0 Å². The number of hydrogen-bond acceptors (Lipinski definition) is 6. The Hall–Kier alpha value is -2.26. The zero-order valence-corrected chi connectivity index (χ0v) is 14.7. The molecule has 0 unspecified atom stereocenters. The van der Waals surface area contributed by atoms with E-state index in [1.54, 1.807) is 31.4 Å². The summed E-state index contributed by atoms with van der Waals surface area (Å²) in [6.45, 7) is 1.18. The first-order valence-electron chi connectivity index (χ1n) is 7.99. The smallest absolute Gasteiger partial charge is 0.344 e. The van der Waals surface area contributed by atoms with Crippen molar-refractivity contribution >= 4 is 23.4 Å². The van der Waals surface area contributed by atoms with Gasteiger partial charge in [0.15, 0.2) is 5.16 Å². The van der Waals surface area contributed by atoms with Gasteiger partial charge >= 0.3 is 5.69 Å². The third-order valence-corrected chi connectivity index (χ3v) is 4.82. The fourth-order valence-electron chi connectivity index (χ4n) is 2.57. The molecule has 134 valence electrons. The molecule has 3 rings (SSSR count). The number of carbonyl (C=O) groups is 1. The number of methoxy groups -OCH3 is 1. The highest BCUT2D eigenvalue weighted by Gasteiger charge is 2.20. The molecule has 1 atom stereocenters. The lowest BCUT2D eigenvalue weighted by atomic mass is 10.2. The second kappa shape index (κ2) is 8.21. The van der Waals surface area contributed by atoms with Crippen molar-refractivity contribution in [3.63, 3.8) is 0 Å². The molecule has 2 N–H and O–H groups in total. The summed E-state index contributed by atoms with van der Waals surface area (Å²) in [7, 11) is 1.59. The number of aromatic nitrogens is 3. The van der Waals surface area contributed by atoms with Gasteiger partial charge in [-0.25, -0.2) is 9.89 Å². The molecule has 0 bridgehead atoms. The molecular weight excluding hydrogens is 344 g/mol. The lowest BCUT2D eigenvalue weighted by molar-refractivity contribution is -0.113. The van der Waals surface area contributed by atoms with Gasteiger partial charge < -0.3 is 14.8 Å². The van der Waals surface area contributed by atoms with E-state index in [-0.39, 0.29) is 23.5 Å². The second-order valence-corrected chi connectivity index (χ2v) is 6.56. The van der Waals surface area contributed by atoms with Crippen LogP contribution in [0.1, 0.15) is 12.8 Å². The van der Waals surface area contributed by atoms with Gasteiger partial charge in [-0.05, 0) is 37.1 Å². The number of ether oxygens (including phenoxy) is 2. The van der Waals surface area contributed by atoms with E-state index >= 15 is 0 Å². The van der Waals surface area contributed by atoms with Crippen molar-refractivity contribution in [2.45, 2.75) is 30.6 Å². The Morgan fingerprint density at radius 2 is 2.28 bits per heavy atom. The summed E-state index contributed by atoms with van der Waals surface area (Å²) in [5, 5.41) is 9.72. The van der Waals surface area contributed by atoms with Crippen molar-refractivity contribution in [1.82, 2.24) is 14.8 Å². The van der Waals surface area contributed by atoms with E-state index in [9.17, 15) is 9.59 Å². The van der Waals surface area contributed by atoms with E-state index in [0.717, 1.165) is 25.2 Å². The van der Waals surface area contributed by atoms with Crippen LogP contribution < -0.4 is 15.7 Å². The lowest BCUT2D eigenvalue weighted by Crippen LogP contribution is -2.25. The molecule has 0 radical (unpaired) electrons. The number of anilines is 1. The highest BCUT2D eigenvalue weighted by atomic mass is 32.2. The summed E-state index contributed by atoms with van der Waals surface area (Å²) in [4.78, 5) is 24.0. The van der Waals surface area contributed by atoms with Crippen LogP contribution in [0.15, 0.2) is 34.2 Å². The van der Waals surface area contributed by atoms with Gasteiger partial charge in [0.25, 0.3) is 0 Å². The number of amides is 1. The van der Waals surface area contributed by atoms with Gasteiger partial charge in [0.2, 0.25) is 5.91 Å². The molecule has 0 aliphatic carbocycles. The number of thioether (sulfide) groups is 1. The van der Waals surface area contributed by atoms with Gasteiger partial charge in [-0.3, -0.25) is 9.36 Å². The Kier molecular flexibility index (Phi) is 5.77. The summed E-state index contributed by atoms with van der Waals surface area (Å²) in [5.74, 6) is 0.707. The topological polar surface area (TPSA) is 98.2 Å². The van der Waals surface area contributed by atoms with E-state index in [0.29, 0.717) is 17.4 Å². The summed E-state index contributed by atoms with van der Waals surface area (Å²) < 4.78 is 12.2. The number of carbonyl (C=O) groups excluding carboxylic acids is 1. The molecule has 1 aliphatic rings. The number of benzene rings is 1. The van der Waals surface area contributed by atoms with Gasteiger partial charge in [-0.1, -0.05) is 11.8 Å². The van der Waals surface area contributed by atoms with Crippen molar-refractivity contribution in [2.75, 3.05) is 24.8 Å². The first-order chi connectivity index (χ1) is 12.2. The second-order valence-electron chi connectivity index (χ2n) is 5.62. The quantitative estimate of drug-likeness (QED) is 0.723. The van der Waals surface area contributed by atoms with Crippen LogP contribution in [0.2, 0.25) is 0 Å². The van der Waals surface area contributed by atoms with Crippen LogP contribution in [0.5, 0.6) is 5.75 Å². The Balaban J connectivity index is 1.55. The lowest BCUT2D eigenvalue weighted by Gasteiger charge is -2.11. The Labute approximate surface area is 148 Å².